The third-order valence-electron chi connectivity index (χ3n) is 3.58. The summed E-state index contributed by atoms with van der Waals surface area (Å²) in [6, 6.07) is 8.07. The van der Waals surface area contributed by atoms with Crippen LogP contribution in [0.5, 0.6) is 0 Å². The molecule has 2 atom stereocenters. The number of rotatable bonds is 6. The van der Waals surface area contributed by atoms with Crippen molar-refractivity contribution in [2.45, 2.75) is 39.7 Å². The highest BCUT2D eigenvalue weighted by Crippen LogP contribution is 2.21. The van der Waals surface area contributed by atoms with E-state index < -0.39 is 5.97 Å². The number of carboxylic acid groups (broad SMARTS) is 1. The topological polar surface area (TPSA) is 57.6 Å². The molecule has 0 spiro atoms. The number of aliphatic carboxylic acids is 1. The third kappa shape index (κ3) is 4.68. The molecular weight excluding hydrogens is 254 g/mol. The van der Waals surface area contributed by atoms with E-state index in [4.69, 9.17) is 5.11 Å². The molecular formula is C16H23NO3. The van der Waals surface area contributed by atoms with Crippen molar-refractivity contribution in [3.05, 3.63) is 35.4 Å². The second-order valence-corrected chi connectivity index (χ2v) is 5.50. The van der Waals surface area contributed by atoms with Gasteiger partial charge in [-0.2, -0.15) is 0 Å². The summed E-state index contributed by atoms with van der Waals surface area (Å²) in [4.78, 5) is 24.5. The fraction of sp³-hybridized carbons (Fsp3) is 0.500. The van der Waals surface area contributed by atoms with Crippen molar-refractivity contribution in [1.29, 1.82) is 0 Å². The van der Waals surface area contributed by atoms with E-state index in [1.54, 1.807) is 18.9 Å². The summed E-state index contributed by atoms with van der Waals surface area (Å²) in [5.41, 5.74) is 2.27. The van der Waals surface area contributed by atoms with Gasteiger partial charge >= 0.3 is 5.97 Å². The van der Waals surface area contributed by atoms with Crippen LogP contribution in [0.2, 0.25) is 0 Å². The average Bonchev–Trinajstić information content (AvgIpc) is 2.36. The Kier molecular flexibility index (Phi) is 5.74. The molecule has 110 valence electrons. The van der Waals surface area contributed by atoms with Gasteiger partial charge in [0.25, 0.3) is 0 Å². The van der Waals surface area contributed by atoms with Crippen LogP contribution >= 0.6 is 0 Å². The van der Waals surface area contributed by atoms with E-state index in [1.807, 2.05) is 38.1 Å². The number of carboxylic acids is 1. The maximum Gasteiger partial charge on any atom is 0.303 e. The van der Waals surface area contributed by atoms with E-state index >= 15 is 0 Å². The normalized spacial score (nSPS) is 13.6. The van der Waals surface area contributed by atoms with Crippen molar-refractivity contribution in [1.82, 2.24) is 4.90 Å². The third-order valence-corrected chi connectivity index (χ3v) is 3.58. The molecule has 0 radical (unpaired) electrons. The Balaban J connectivity index is 2.64. The first kappa shape index (κ1) is 16.2. The largest absolute Gasteiger partial charge is 0.481 e. The van der Waals surface area contributed by atoms with E-state index in [2.05, 4.69) is 0 Å². The fourth-order valence-corrected chi connectivity index (χ4v) is 2.10. The lowest BCUT2D eigenvalue weighted by atomic mass is 10.0. The monoisotopic (exact) mass is 277 g/mol. The lowest BCUT2D eigenvalue weighted by Gasteiger charge is -2.26. The molecule has 4 nitrogen and oxygen atoms in total. The van der Waals surface area contributed by atoms with Crippen LogP contribution in [0.15, 0.2) is 24.3 Å². The lowest BCUT2D eigenvalue weighted by molar-refractivity contribution is -0.138. The molecule has 0 aliphatic carbocycles. The lowest BCUT2D eigenvalue weighted by Crippen LogP contribution is -2.31. The molecule has 0 fully saturated rings. The van der Waals surface area contributed by atoms with Crippen molar-refractivity contribution in [2.24, 2.45) is 5.92 Å². The first-order valence-electron chi connectivity index (χ1n) is 6.85. The Morgan fingerprint density at radius 2 is 1.70 bits per heavy atom. The van der Waals surface area contributed by atoms with Crippen LogP contribution in [-0.2, 0) is 9.59 Å². The van der Waals surface area contributed by atoms with Crippen LogP contribution in [0.3, 0.4) is 0 Å². The van der Waals surface area contributed by atoms with Gasteiger partial charge in [-0.05, 0) is 25.3 Å². The van der Waals surface area contributed by atoms with Crippen LogP contribution in [0.4, 0.5) is 0 Å². The molecule has 0 aliphatic heterocycles. The SMILES string of the molecule is Cc1ccc(C(C)N(C)C(=O)CC(C)CC(=O)O)cc1. The molecule has 0 saturated carbocycles. The molecule has 1 aromatic rings. The van der Waals surface area contributed by atoms with Gasteiger partial charge in [-0.1, -0.05) is 36.8 Å². The Hall–Kier alpha value is -1.84. The van der Waals surface area contributed by atoms with E-state index in [0.29, 0.717) is 0 Å². The highest BCUT2D eigenvalue weighted by atomic mass is 16.4. The number of nitrogens with zero attached hydrogens (tertiary/aromatic N) is 1. The van der Waals surface area contributed by atoms with Gasteiger partial charge < -0.3 is 10.0 Å². The summed E-state index contributed by atoms with van der Waals surface area (Å²) >= 11 is 0. The van der Waals surface area contributed by atoms with Crippen molar-refractivity contribution < 1.29 is 14.7 Å². The van der Waals surface area contributed by atoms with E-state index in [-0.39, 0.29) is 30.7 Å². The van der Waals surface area contributed by atoms with Gasteiger partial charge in [0.2, 0.25) is 5.91 Å². The van der Waals surface area contributed by atoms with Crippen molar-refractivity contribution in [3.63, 3.8) is 0 Å². The van der Waals surface area contributed by atoms with Gasteiger partial charge in [-0.15, -0.1) is 0 Å². The Morgan fingerprint density at radius 1 is 1.15 bits per heavy atom. The van der Waals surface area contributed by atoms with Crippen LogP contribution in [0.1, 0.15) is 43.9 Å². The first-order chi connectivity index (χ1) is 9.31. The number of aryl methyl sites for hydroxylation is 1. The highest BCUT2D eigenvalue weighted by molar-refractivity contribution is 5.77. The summed E-state index contributed by atoms with van der Waals surface area (Å²) in [7, 11) is 1.76. The minimum absolute atomic E-state index is 0.0138. The van der Waals surface area contributed by atoms with Crippen LogP contribution in [-0.4, -0.2) is 28.9 Å². The van der Waals surface area contributed by atoms with Crippen molar-refractivity contribution >= 4 is 11.9 Å². The Morgan fingerprint density at radius 3 is 2.20 bits per heavy atom. The number of hydrogen-bond acceptors (Lipinski definition) is 2. The number of benzene rings is 1. The second kappa shape index (κ2) is 7.08. The van der Waals surface area contributed by atoms with Crippen LogP contribution in [0, 0.1) is 12.8 Å². The smallest absolute Gasteiger partial charge is 0.303 e. The molecule has 0 saturated heterocycles. The summed E-state index contributed by atoms with van der Waals surface area (Å²) in [6.45, 7) is 5.79. The minimum Gasteiger partial charge on any atom is -0.481 e. The zero-order valence-electron chi connectivity index (χ0n) is 12.6. The number of carbonyl (C=O) groups excluding carboxylic acids is 1. The van der Waals surface area contributed by atoms with Gasteiger partial charge in [0.05, 0.1) is 6.04 Å². The average molecular weight is 277 g/mol. The molecule has 1 amide bonds. The molecule has 1 rings (SSSR count). The molecule has 0 bridgehead atoms. The Bertz CT molecular complexity index is 467. The maximum absolute atomic E-state index is 12.1. The standard InChI is InChI=1S/C16H23NO3/c1-11-5-7-14(8-6-11)13(3)17(4)15(18)9-12(2)10-16(19)20/h5-8,12-13H,9-10H2,1-4H3,(H,19,20). The number of hydrogen-bond donors (Lipinski definition) is 1. The maximum atomic E-state index is 12.1. The molecule has 0 heterocycles. The molecule has 2 unspecified atom stereocenters. The van der Waals surface area contributed by atoms with Crippen LogP contribution < -0.4 is 0 Å². The number of carbonyl (C=O) groups is 2. The predicted molar refractivity (Wildman–Crippen MR) is 78.4 cm³/mol. The summed E-state index contributed by atoms with van der Waals surface area (Å²) in [5, 5.41) is 8.72. The van der Waals surface area contributed by atoms with Gasteiger partial charge in [0.1, 0.15) is 0 Å². The molecule has 1 N–H and O–H groups in total. The summed E-state index contributed by atoms with van der Waals surface area (Å²) in [6.07, 6.45) is 0.289. The summed E-state index contributed by atoms with van der Waals surface area (Å²) < 4.78 is 0. The number of amides is 1. The molecule has 4 heteroatoms. The quantitative estimate of drug-likeness (QED) is 0.869. The van der Waals surface area contributed by atoms with Crippen molar-refractivity contribution in [3.8, 4) is 0 Å². The zero-order chi connectivity index (χ0) is 15.3. The highest BCUT2D eigenvalue weighted by Gasteiger charge is 2.20. The van der Waals surface area contributed by atoms with Crippen molar-refractivity contribution in [2.75, 3.05) is 7.05 Å². The molecule has 0 aromatic heterocycles. The first-order valence-corrected chi connectivity index (χ1v) is 6.85. The van der Waals surface area contributed by atoms with Crippen LogP contribution in [0.25, 0.3) is 0 Å². The molecule has 1 aromatic carbocycles. The van der Waals surface area contributed by atoms with Gasteiger partial charge in [-0.3, -0.25) is 9.59 Å². The van der Waals surface area contributed by atoms with E-state index in [9.17, 15) is 9.59 Å². The van der Waals surface area contributed by atoms with E-state index in [1.165, 1.54) is 5.56 Å². The van der Waals surface area contributed by atoms with E-state index in [0.717, 1.165) is 5.56 Å². The van der Waals surface area contributed by atoms with Gasteiger partial charge in [0.15, 0.2) is 0 Å². The zero-order valence-corrected chi connectivity index (χ0v) is 12.6. The van der Waals surface area contributed by atoms with Gasteiger partial charge in [-0.25, -0.2) is 0 Å². The molecule has 20 heavy (non-hydrogen) atoms. The predicted octanol–water partition coefficient (Wildman–Crippen LogP) is 3.02. The Labute approximate surface area is 120 Å². The fourth-order valence-electron chi connectivity index (χ4n) is 2.10. The summed E-state index contributed by atoms with van der Waals surface area (Å²) in [5.74, 6) is -1.03. The van der Waals surface area contributed by atoms with Gasteiger partial charge in [0, 0.05) is 19.9 Å². The minimum atomic E-state index is -0.862. The molecule has 0 aliphatic rings. The second-order valence-electron chi connectivity index (χ2n) is 5.50.